The number of hydrazone groups is 1. The van der Waals surface area contributed by atoms with E-state index in [4.69, 9.17) is 0 Å². The summed E-state index contributed by atoms with van der Waals surface area (Å²) >= 11 is 1.50. The van der Waals surface area contributed by atoms with Crippen LogP contribution in [0.5, 0.6) is 0 Å². The molecule has 1 aromatic heterocycles. The molecule has 0 atom stereocenters. The van der Waals surface area contributed by atoms with Crippen LogP contribution in [0.15, 0.2) is 51.1 Å². The van der Waals surface area contributed by atoms with Crippen LogP contribution in [0.3, 0.4) is 0 Å². The molecule has 0 aliphatic carbocycles. The smallest absolute Gasteiger partial charge is 0.276 e. The third-order valence-electron chi connectivity index (χ3n) is 2.41. The summed E-state index contributed by atoms with van der Waals surface area (Å²) in [6, 6.07) is 7.64. The number of thiophene rings is 1. The average Bonchev–Trinajstić information content (AvgIpc) is 2.91. The minimum atomic E-state index is -3.72. The first kappa shape index (κ1) is 15.2. The van der Waals surface area contributed by atoms with Crippen molar-refractivity contribution < 1.29 is 13.2 Å². The second-order valence-corrected chi connectivity index (χ2v) is 6.56. The molecule has 8 heteroatoms. The number of carbonyl (C=O) groups is 1. The largest absolute Gasteiger partial charge is 0.326 e. The van der Waals surface area contributed by atoms with Gasteiger partial charge in [0.25, 0.3) is 10.0 Å². The van der Waals surface area contributed by atoms with Crippen molar-refractivity contribution in [3.05, 3.63) is 46.7 Å². The van der Waals surface area contributed by atoms with Gasteiger partial charge in [0.05, 0.1) is 11.1 Å². The van der Waals surface area contributed by atoms with Gasteiger partial charge < -0.3 is 5.32 Å². The van der Waals surface area contributed by atoms with Gasteiger partial charge in [0.2, 0.25) is 5.91 Å². The zero-order valence-electron chi connectivity index (χ0n) is 11.1. The first-order valence-electron chi connectivity index (χ1n) is 5.92. The number of anilines is 1. The van der Waals surface area contributed by atoms with E-state index in [0.29, 0.717) is 5.69 Å². The molecule has 21 heavy (non-hydrogen) atoms. The van der Waals surface area contributed by atoms with E-state index in [1.165, 1.54) is 48.7 Å². The lowest BCUT2D eigenvalue weighted by atomic mass is 10.3. The van der Waals surface area contributed by atoms with Crippen molar-refractivity contribution in [3.8, 4) is 0 Å². The Morgan fingerprint density at radius 3 is 2.52 bits per heavy atom. The highest BCUT2D eigenvalue weighted by Gasteiger charge is 2.12. The van der Waals surface area contributed by atoms with E-state index in [0.717, 1.165) is 5.56 Å². The molecule has 2 rings (SSSR count). The van der Waals surface area contributed by atoms with E-state index in [2.05, 4.69) is 15.2 Å². The molecule has 0 aliphatic heterocycles. The van der Waals surface area contributed by atoms with Crippen LogP contribution in [0.1, 0.15) is 12.5 Å². The molecule has 6 nitrogen and oxygen atoms in total. The minimum Gasteiger partial charge on any atom is -0.326 e. The highest BCUT2D eigenvalue weighted by Crippen LogP contribution is 2.14. The molecule has 0 spiro atoms. The summed E-state index contributed by atoms with van der Waals surface area (Å²) in [5.74, 6) is -0.218. The number of carbonyl (C=O) groups excluding carboxylic acids is 1. The lowest BCUT2D eigenvalue weighted by Crippen LogP contribution is -2.18. The van der Waals surface area contributed by atoms with Crippen LogP contribution in [0.25, 0.3) is 0 Å². The molecule has 0 saturated heterocycles. The number of nitrogens with one attached hydrogen (secondary N) is 2. The molecule has 2 aromatic rings. The van der Waals surface area contributed by atoms with Gasteiger partial charge >= 0.3 is 0 Å². The van der Waals surface area contributed by atoms with Crippen molar-refractivity contribution in [2.24, 2.45) is 5.10 Å². The lowest BCUT2D eigenvalue weighted by Gasteiger charge is -2.05. The van der Waals surface area contributed by atoms with Crippen molar-refractivity contribution in [1.82, 2.24) is 4.83 Å². The molecule has 110 valence electrons. The van der Waals surface area contributed by atoms with E-state index >= 15 is 0 Å². The molecule has 1 heterocycles. The molecular formula is C13H13N3O3S2. The topological polar surface area (TPSA) is 87.6 Å². The van der Waals surface area contributed by atoms with Gasteiger partial charge in [0.15, 0.2) is 0 Å². The summed E-state index contributed by atoms with van der Waals surface area (Å²) in [4.78, 5) is 13.1. The maximum Gasteiger partial charge on any atom is 0.276 e. The summed E-state index contributed by atoms with van der Waals surface area (Å²) < 4.78 is 24.0. The number of amides is 1. The molecule has 0 bridgehead atoms. The predicted octanol–water partition coefficient (Wildman–Crippen LogP) is 2.02. The Morgan fingerprint density at radius 2 is 1.95 bits per heavy atom. The van der Waals surface area contributed by atoms with Crippen molar-refractivity contribution >= 4 is 39.2 Å². The summed E-state index contributed by atoms with van der Waals surface area (Å²) in [7, 11) is -3.72. The molecular weight excluding hydrogens is 310 g/mol. The molecule has 0 aliphatic rings. The van der Waals surface area contributed by atoms with Crippen molar-refractivity contribution in [3.63, 3.8) is 0 Å². The van der Waals surface area contributed by atoms with Crippen LogP contribution < -0.4 is 10.1 Å². The highest BCUT2D eigenvalue weighted by molar-refractivity contribution is 7.89. The molecule has 0 radical (unpaired) electrons. The number of hydrogen-bond acceptors (Lipinski definition) is 5. The van der Waals surface area contributed by atoms with Gasteiger partial charge in [0, 0.05) is 18.2 Å². The lowest BCUT2D eigenvalue weighted by molar-refractivity contribution is -0.114. The van der Waals surface area contributed by atoms with Crippen LogP contribution in [-0.2, 0) is 14.8 Å². The SMILES string of the molecule is CC(=O)Nc1ccc(S(=O)(=O)N/N=C\c2ccsc2)cc1. The zero-order valence-corrected chi connectivity index (χ0v) is 12.7. The van der Waals surface area contributed by atoms with Gasteiger partial charge in [-0.05, 0) is 41.1 Å². The fraction of sp³-hybridized carbons (Fsp3) is 0.0769. The Kier molecular flexibility index (Phi) is 4.71. The fourth-order valence-corrected chi connectivity index (χ4v) is 2.89. The fourth-order valence-electron chi connectivity index (χ4n) is 1.49. The monoisotopic (exact) mass is 323 g/mol. The van der Waals surface area contributed by atoms with E-state index in [9.17, 15) is 13.2 Å². The van der Waals surface area contributed by atoms with E-state index in [-0.39, 0.29) is 10.8 Å². The van der Waals surface area contributed by atoms with Crippen LogP contribution in [-0.4, -0.2) is 20.5 Å². The van der Waals surface area contributed by atoms with Crippen molar-refractivity contribution in [2.45, 2.75) is 11.8 Å². The normalized spacial score (nSPS) is 11.5. The highest BCUT2D eigenvalue weighted by atomic mass is 32.2. The Bertz CT molecular complexity index is 735. The molecule has 0 fully saturated rings. The van der Waals surface area contributed by atoms with Crippen LogP contribution in [0, 0.1) is 0 Å². The van der Waals surface area contributed by atoms with E-state index in [1.807, 2.05) is 16.8 Å². The Hall–Kier alpha value is -2.19. The van der Waals surface area contributed by atoms with E-state index in [1.54, 1.807) is 0 Å². The third kappa shape index (κ3) is 4.40. The van der Waals surface area contributed by atoms with Crippen LogP contribution in [0.4, 0.5) is 5.69 Å². The van der Waals surface area contributed by atoms with Crippen molar-refractivity contribution in [1.29, 1.82) is 0 Å². The van der Waals surface area contributed by atoms with Gasteiger partial charge in [-0.15, -0.1) is 0 Å². The summed E-state index contributed by atoms with van der Waals surface area (Å²) in [5, 5.41) is 9.99. The first-order chi connectivity index (χ1) is 9.97. The predicted molar refractivity (Wildman–Crippen MR) is 83.0 cm³/mol. The minimum absolute atomic E-state index is 0.0686. The van der Waals surface area contributed by atoms with Gasteiger partial charge in [-0.3, -0.25) is 4.79 Å². The standard InChI is InChI=1S/C13H13N3O3S2/c1-10(17)15-12-2-4-13(5-3-12)21(18,19)16-14-8-11-6-7-20-9-11/h2-9,16H,1H3,(H,15,17)/b14-8-. The Morgan fingerprint density at radius 1 is 1.24 bits per heavy atom. The number of rotatable bonds is 5. The number of nitrogens with zero attached hydrogens (tertiary/aromatic N) is 1. The maximum atomic E-state index is 12.0. The number of benzene rings is 1. The first-order valence-corrected chi connectivity index (χ1v) is 8.35. The van der Waals surface area contributed by atoms with Crippen LogP contribution in [0.2, 0.25) is 0 Å². The zero-order chi connectivity index (χ0) is 15.3. The molecule has 2 N–H and O–H groups in total. The molecule has 0 saturated carbocycles. The van der Waals surface area contributed by atoms with Crippen LogP contribution >= 0.6 is 11.3 Å². The van der Waals surface area contributed by atoms with Gasteiger partial charge in [0.1, 0.15) is 0 Å². The summed E-state index contributed by atoms with van der Waals surface area (Å²) in [6.45, 7) is 1.38. The van der Waals surface area contributed by atoms with Crippen molar-refractivity contribution in [2.75, 3.05) is 5.32 Å². The number of hydrogen-bond donors (Lipinski definition) is 2. The third-order valence-corrected chi connectivity index (χ3v) is 4.35. The molecule has 0 unspecified atom stereocenters. The quantitative estimate of drug-likeness (QED) is 0.652. The van der Waals surface area contributed by atoms with Gasteiger partial charge in [-0.2, -0.15) is 24.9 Å². The van der Waals surface area contributed by atoms with Gasteiger partial charge in [-0.1, -0.05) is 0 Å². The average molecular weight is 323 g/mol. The Balaban J connectivity index is 2.07. The summed E-state index contributed by atoms with van der Waals surface area (Å²) in [6.07, 6.45) is 1.43. The van der Waals surface area contributed by atoms with E-state index < -0.39 is 10.0 Å². The Labute approximate surface area is 126 Å². The second kappa shape index (κ2) is 6.51. The molecule has 1 aromatic carbocycles. The second-order valence-electron chi connectivity index (χ2n) is 4.12. The number of sulfonamides is 1. The van der Waals surface area contributed by atoms with Gasteiger partial charge in [-0.25, -0.2) is 4.83 Å². The maximum absolute atomic E-state index is 12.0. The summed E-state index contributed by atoms with van der Waals surface area (Å²) in [5.41, 5.74) is 1.35. The molecule has 1 amide bonds.